The summed E-state index contributed by atoms with van der Waals surface area (Å²) in [6.45, 7) is 5.07. The monoisotopic (exact) mass is 376 g/mol. The molecule has 142 valence electrons. The number of carbonyl (C=O) groups excluding carboxylic acids is 2. The molecule has 0 amide bonds. The average Bonchev–Trinajstić information content (AvgIpc) is 2.66. The Balaban J connectivity index is 1.99. The zero-order chi connectivity index (χ0) is 20.3. The number of benzene rings is 2. The summed E-state index contributed by atoms with van der Waals surface area (Å²) in [5.41, 5.74) is 2.08. The zero-order valence-corrected chi connectivity index (χ0v) is 15.9. The molecule has 1 heterocycles. The van der Waals surface area contributed by atoms with Crippen LogP contribution >= 0.6 is 0 Å². The first-order chi connectivity index (χ1) is 13.4. The van der Waals surface area contributed by atoms with E-state index >= 15 is 0 Å². The fraction of sp³-hybridized carbons (Fsp3) is 0.174. The van der Waals surface area contributed by atoms with Gasteiger partial charge in [0, 0.05) is 17.2 Å². The number of Topliss-reactive ketones (excluding diaryl/α,β-unsaturated/α-hetero) is 1. The number of ether oxygens (including phenoxy) is 1. The Morgan fingerprint density at radius 1 is 0.929 bits per heavy atom. The smallest absolute Gasteiger partial charge is 0.342 e. The summed E-state index contributed by atoms with van der Waals surface area (Å²) in [7, 11) is 0. The topological polar surface area (TPSA) is 73.6 Å². The van der Waals surface area contributed by atoms with E-state index in [2.05, 4.69) is 0 Å². The third-order valence-corrected chi connectivity index (χ3v) is 4.44. The van der Waals surface area contributed by atoms with Crippen LogP contribution in [0.4, 0.5) is 0 Å². The van der Waals surface area contributed by atoms with Crippen molar-refractivity contribution in [3.05, 3.63) is 105 Å². The van der Waals surface area contributed by atoms with Crippen LogP contribution in [-0.4, -0.2) is 11.8 Å². The van der Waals surface area contributed by atoms with Gasteiger partial charge in [-0.05, 0) is 26.3 Å². The minimum Gasteiger partial charge on any atom is -0.445 e. The summed E-state index contributed by atoms with van der Waals surface area (Å²) in [6, 6.07) is 17.1. The Labute approximate surface area is 162 Å². The molecule has 2 aromatic carbocycles. The van der Waals surface area contributed by atoms with Crippen LogP contribution < -0.4 is 5.63 Å². The van der Waals surface area contributed by atoms with Gasteiger partial charge in [-0.15, -0.1) is 0 Å². The van der Waals surface area contributed by atoms with Gasteiger partial charge in [0.15, 0.2) is 6.10 Å². The summed E-state index contributed by atoms with van der Waals surface area (Å²) in [6.07, 6.45) is -1.11. The number of rotatable bonds is 5. The summed E-state index contributed by atoms with van der Waals surface area (Å²) >= 11 is 0. The van der Waals surface area contributed by atoms with Crippen molar-refractivity contribution in [1.29, 1.82) is 0 Å². The molecule has 5 nitrogen and oxygen atoms in total. The van der Waals surface area contributed by atoms with Gasteiger partial charge >= 0.3 is 11.6 Å². The lowest BCUT2D eigenvalue weighted by atomic mass is 9.99. The lowest BCUT2D eigenvalue weighted by molar-refractivity contribution is 0.0275. The predicted molar refractivity (Wildman–Crippen MR) is 105 cm³/mol. The first-order valence-electron chi connectivity index (χ1n) is 8.85. The molecule has 5 heteroatoms. The highest BCUT2D eigenvalue weighted by molar-refractivity contribution is 6.02. The molecule has 0 fully saturated rings. The van der Waals surface area contributed by atoms with Crippen LogP contribution in [0.2, 0.25) is 0 Å². The number of carbonyl (C=O) groups is 2. The van der Waals surface area contributed by atoms with E-state index in [1.807, 2.05) is 25.1 Å². The van der Waals surface area contributed by atoms with Gasteiger partial charge in [0.1, 0.15) is 11.3 Å². The second-order valence-electron chi connectivity index (χ2n) is 6.61. The Kier molecular flexibility index (Phi) is 5.54. The van der Waals surface area contributed by atoms with E-state index in [4.69, 9.17) is 9.15 Å². The summed E-state index contributed by atoms with van der Waals surface area (Å²) < 4.78 is 10.6. The van der Waals surface area contributed by atoms with Crippen molar-refractivity contribution in [3.8, 4) is 0 Å². The minimum absolute atomic E-state index is 0.150. The van der Waals surface area contributed by atoms with Gasteiger partial charge in [0.05, 0.1) is 0 Å². The number of esters is 1. The number of hydrogen-bond donors (Lipinski definition) is 0. The van der Waals surface area contributed by atoms with Crippen LogP contribution in [0.5, 0.6) is 0 Å². The van der Waals surface area contributed by atoms with Gasteiger partial charge in [0.2, 0.25) is 5.78 Å². The van der Waals surface area contributed by atoms with Crippen LogP contribution in [0.15, 0.2) is 69.9 Å². The fourth-order valence-corrected chi connectivity index (χ4v) is 3.00. The van der Waals surface area contributed by atoms with Crippen molar-refractivity contribution >= 4 is 11.8 Å². The maximum absolute atomic E-state index is 13.1. The highest BCUT2D eigenvalue weighted by atomic mass is 16.5. The molecular weight excluding hydrogens is 356 g/mol. The molecule has 0 aliphatic heterocycles. The lowest BCUT2D eigenvalue weighted by Crippen LogP contribution is -2.22. The Bertz CT molecular complexity index is 1040. The molecule has 0 spiro atoms. The fourth-order valence-electron chi connectivity index (χ4n) is 3.00. The van der Waals surface area contributed by atoms with Gasteiger partial charge in [-0.1, -0.05) is 60.2 Å². The molecule has 0 N–H and O–H groups in total. The van der Waals surface area contributed by atoms with E-state index in [9.17, 15) is 14.4 Å². The van der Waals surface area contributed by atoms with Crippen molar-refractivity contribution in [2.75, 3.05) is 0 Å². The summed E-state index contributed by atoms with van der Waals surface area (Å²) in [5, 5.41) is 0. The molecule has 28 heavy (non-hydrogen) atoms. The van der Waals surface area contributed by atoms with Crippen LogP contribution in [0.3, 0.4) is 0 Å². The Morgan fingerprint density at radius 3 is 2.18 bits per heavy atom. The molecule has 0 radical (unpaired) electrons. The van der Waals surface area contributed by atoms with Crippen LogP contribution in [0, 0.1) is 20.8 Å². The first kappa shape index (κ1) is 19.3. The Hall–Kier alpha value is -3.47. The molecule has 0 saturated carbocycles. The van der Waals surface area contributed by atoms with Crippen LogP contribution in [-0.2, 0) is 4.74 Å². The molecule has 3 aromatic rings. The molecule has 1 atom stereocenters. The van der Waals surface area contributed by atoms with Crippen LogP contribution in [0.25, 0.3) is 0 Å². The molecule has 0 bridgehead atoms. The minimum atomic E-state index is -1.11. The van der Waals surface area contributed by atoms with Gasteiger partial charge in [-0.25, -0.2) is 9.59 Å². The highest BCUT2D eigenvalue weighted by Crippen LogP contribution is 2.25. The molecule has 0 unspecified atom stereocenters. The van der Waals surface area contributed by atoms with E-state index in [-0.39, 0.29) is 17.1 Å². The largest absolute Gasteiger partial charge is 0.445 e. The molecule has 1 aromatic heterocycles. The molecule has 0 saturated heterocycles. The predicted octanol–water partition coefficient (Wildman–Crippen LogP) is 4.35. The van der Waals surface area contributed by atoms with Crippen molar-refractivity contribution in [1.82, 2.24) is 0 Å². The van der Waals surface area contributed by atoms with E-state index in [0.717, 1.165) is 5.56 Å². The number of ketones is 1. The van der Waals surface area contributed by atoms with Crippen molar-refractivity contribution in [2.45, 2.75) is 26.9 Å². The average molecular weight is 376 g/mol. The van der Waals surface area contributed by atoms with Gasteiger partial charge in [-0.3, -0.25) is 4.79 Å². The SMILES string of the molecule is Cc1ccc(C(=O)[C@H](OC(=O)c2c(C)cc(=O)oc2C)c2ccccc2)cc1. The third-order valence-electron chi connectivity index (χ3n) is 4.44. The van der Waals surface area contributed by atoms with E-state index < -0.39 is 17.7 Å². The first-order valence-corrected chi connectivity index (χ1v) is 8.85. The molecule has 3 rings (SSSR count). The number of hydrogen-bond acceptors (Lipinski definition) is 5. The molecule has 0 aliphatic rings. The second kappa shape index (κ2) is 8.05. The maximum Gasteiger partial charge on any atom is 0.342 e. The summed E-state index contributed by atoms with van der Waals surface area (Å²) in [5.74, 6) is -0.884. The highest BCUT2D eigenvalue weighted by Gasteiger charge is 2.28. The van der Waals surface area contributed by atoms with Crippen molar-refractivity contribution < 1.29 is 18.7 Å². The molecular formula is C23H20O5. The standard InChI is InChI=1S/C23H20O5/c1-14-9-11-17(12-10-14)21(25)22(18-7-5-4-6-8-18)28-23(26)20-15(2)13-19(24)27-16(20)3/h4-13,22H,1-3H3/t22-/m1/s1. The lowest BCUT2D eigenvalue weighted by Gasteiger charge is -2.18. The number of aryl methyl sites for hydroxylation is 3. The van der Waals surface area contributed by atoms with Crippen LogP contribution in [0.1, 0.15) is 49.3 Å². The zero-order valence-electron chi connectivity index (χ0n) is 15.9. The van der Waals surface area contributed by atoms with E-state index in [1.165, 1.54) is 13.0 Å². The Morgan fingerprint density at radius 2 is 1.57 bits per heavy atom. The molecule has 0 aliphatic carbocycles. The van der Waals surface area contributed by atoms with Crippen molar-refractivity contribution in [2.24, 2.45) is 0 Å². The third kappa shape index (κ3) is 4.09. The van der Waals surface area contributed by atoms with Gasteiger partial charge in [-0.2, -0.15) is 0 Å². The van der Waals surface area contributed by atoms with Crippen molar-refractivity contribution in [3.63, 3.8) is 0 Å². The maximum atomic E-state index is 13.1. The summed E-state index contributed by atoms with van der Waals surface area (Å²) in [4.78, 5) is 37.4. The van der Waals surface area contributed by atoms with E-state index in [1.54, 1.807) is 43.3 Å². The second-order valence-corrected chi connectivity index (χ2v) is 6.61. The van der Waals surface area contributed by atoms with Gasteiger partial charge in [0.25, 0.3) is 0 Å². The van der Waals surface area contributed by atoms with Gasteiger partial charge < -0.3 is 9.15 Å². The quantitative estimate of drug-likeness (QED) is 0.489. The van der Waals surface area contributed by atoms with E-state index in [0.29, 0.717) is 16.7 Å². The normalized spacial score (nSPS) is 11.7.